The van der Waals surface area contributed by atoms with Crippen LogP contribution in [0.25, 0.3) is 11.0 Å². The van der Waals surface area contributed by atoms with Crippen molar-refractivity contribution in [1.29, 1.82) is 5.26 Å². The summed E-state index contributed by atoms with van der Waals surface area (Å²) >= 11 is 0. The molecule has 10 heteroatoms. The van der Waals surface area contributed by atoms with E-state index in [0.29, 0.717) is 22.7 Å². The molecule has 0 radical (unpaired) electrons. The summed E-state index contributed by atoms with van der Waals surface area (Å²) in [6.07, 6.45) is 5.94. The maximum absolute atomic E-state index is 11.0. The van der Waals surface area contributed by atoms with Gasteiger partial charge in [-0.1, -0.05) is 6.07 Å². The molecule has 2 aromatic heterocycles. The molecule has 3 aromatic rings. The summed E-state index contributed by atoms with van der Waals surface area (Å²) in [6.45, 7) is 0. The van der Waals surface area contributed by atoms with Crippen LogP contribution in [0.15, 0.2) is 30.7 Å². The number of nitrogens with zero attached hydrogens (tertiary/aromatic N) is 5. The zero-order valence-electron chi connectivity index (χ0n) is 16.4. The number of aromatic nitrogens is 4. The first kappa shape index (κ1) is 19.4. The van der Waals surface area contributed by atoms with Gasteiger partial charge in [0.15, 0.2) is 0 Å². The van der Waals surface area contributed by atoms with Crippen molar-refractivity contribution in [3.63, 3.8) is 0 Å². The second-order valence-corrected chi connectivity index (χ2v) is 7.15. The number of amides is 1. The minimum absolute atomic E-state index is 0.152. The number of anilines is 2. The van der Waals surface area contributed by atoms with Crippen LogP contribution in [-0.4, -0.2) is 43.9 Å². The maximum Gasteiger partial charge on any atom is 0.409 e. The Morgan fingerprint density at radius 3 is 3.00 bits per heavy atom. The van der Waals surface area contributed by atoms with E-state index in [4.69, 9.17) is 15.1 Å². The number of rotatable bonds is 5. The number of hydrogen-bond acceptors (Lipinski definition) is 7. The Balaban J connectivity index is 1.53. The van der Waals surface area contributed by atoms with Gasteiger partial charge in [-0.2, -0.15) is 10.2 Å². The summed E-state index contributed by atoms with van der Waals surface area (Å²) in [5, 5.41) is 23.9. The van der Waals surface area contributed by atoms with E-state index >= 15 is 0 Å². The average molecular weight is 407 g/mol. The van der Waals surface area contributed by atoms with E-state index in [0.717, 1.165) is 31.2 Å². The molecule has 0 aliphatic heterocycles. The molecule has 0 bridgehead atoms. The largest absolute Gasteiger partial charge is 0.480 e. The number of fused-ring (bicyclic) bond motifs is 1. The first-order valence-corrected chi connectivity index (χ1v) is 9.62. The lowest BCUT2D eigenvalue weighted by Crippen LogP contribution is -2.29. The monoisotopic (exact) mass is 407 g/mol. The quantitative estimate of drug-likeness (QED) is 0.585. The van der Waals surface area contributed by atoms with Crippen molar-refractivity contribution in [3.8, 4) is 11.9 Å². The number of carboxylic acid groups (broad SMARTS) is 1. The lowest BCUT2D eigenvalue weighted by atomic mass is 9.90. The van der Waals surface area contributed by atoms with E-state index in [1.165, 1.54) is 13.3 Å². The van der Waals surface area contributed by atoms with Gasteiger partial charge in [-0.3, -0.25) is 5.32 Å². The Morgan fingerprint density at radius 2 is 2.23 bits per heavy atom. The van der Waals surface area contributed by atoms with Gasteiger partial charge < -0.3 is 19.7 Å². The second-order valence-electron chi connectivity index (χ2n) is 7.15. The fourth-order valence-electron chi connectivity index (χ4n) is 3.96. The second kappa shape index (κ2) is 8.24. The predicted octanol–water partition coefficient (Wildman–Crippen LogP) is 3.39. The van der Waals surface area contributed by atoms with Gasteiger partial charge in [0.1, 0.15) is 17.1 Å². The molecule has 1 fully saturated rings. The van der Waals surface area contributed by atoms with Crippen molar-refractivity contribution in [1.82, 2.24) is 19.5 Å². The molecule has 0 spiro atoms. The summed E-state index contributed by atoms with van der Waals surface area (Å²) < 4.78 is 7.27. The van der Waals surface area contributed by atoms with Crippen molar-refractivity contribution in [2.45, 2.75) is 37.8 Å². The number of hydrogen-bond donors (Lipinski definition) is 3. The predicted molar refractivity (Wildman–Crippen MR) is 110 cm³/mol. The van der Waals surface area contributed by atoms with Gasteiger partial charge in [0, 0.05) is 12.1 Å². The normalized spacial score (nSPS) is 18.5. The van der Waals surface area contributed by atoms with E-state index in [1.54, 1.807) is 12.4 Å². The van der Waals surface area contributed by atoms with Crippen LogP contribution < -0.4 is 15.4 Å². The maximum atomic E-state index is 11.0. The van der Waals surface area contributed by atoms with Gasteiger partial charge in [-0.05, 0) is 37.8 Å². The fraction of sp³-hybridized carbons (Fsp3) is 0.350. The highest BCUT2D eigenvalue weighted by Crippen LogP contribution is 2.33. The van der Waals surface area contributed by atoms with Gasteiger partial charge >= 0.3 is 6.09 Å². The lowest BCUT2D eigenvalue weighted by molar-refractivity contribution is 0.210. The Bertz CT molecular complexity index is 1120. The zero-order chi connectivity index (χ0) is 21.1. The van der Waals surface area contributed by atoms with Crippen molar-refractivity contribution in [3.05, 3.63) is 36.3 Å². The third-order valence-corrected chi connectivity index (χ3v) is 5.29. The molecule has 2 heterocycles. The summed E-state index contributed by atoms with van der Waals surface area (Å²) in [5.41, 5.74) is 2.29. The minimum atomic E-state index is -1.11. The van der Waals surface area contributed by atoms with Gasteiger partial charge in [-0.15, -0.1) is 0 Å². The van der Waals surface area contributed by atoms with E-state index < -0.39 is 6.09 Å². The van der Waals surface area contributed by atoms with Crippen LogP contribution in [0.1, 0.15) is 37.3 Å². The number of carbonyl (C=O) groups is 1. The minimum Gasteiger partial charge on any atom is -0.480 e. The molecule has 30 heavy (non-hydrogen) atoms. The van der Waals surface area contributed by atoms with Gasteiger partial charge in [0.05, 0.1) is 30.8 Å². The molecule has 1 amide bonds. The third-order valence-electron chi connectivity index (χ3n) is 5.29. The molecule has 3 N–H and O–H groups in total. The van der Waals surface area contributed by atoms with Crippen LogP contribution in [-0.2, 0) is 0 Å². The SMILES string of the molecule is COc1nc(N[C@@H]2CCC[C@H](n3cnc4c(NC(=O)O)cccc43)C2)ncc1C#N. The zero-order valence-corrected chi connectivity index (χ0v) is 16.4. The van der Waals surface area contributed by atoms with Crippen molar-refractivity contribution >= 4 is 28.8 Å². The number of imidazole rings is 1. The van der Waals surface area contributed by atoms with E-state index in [1.807, 2.05) is 18.2 Å². The number of nitrogens with one attached hydrogen (secondary N) is 2. The van der Waals surface area contributed by atoms with Gasteiger partial charge in [0.25, 0.3) is 0 Å². The molecule has 2 atom stereocenters. The topological polar surface area (TPSA) is 138 Å². The highest BCUT2D eigenvalue weighted by Gasteiger charge is 2.25. The fourth-order valence-corrected chi connectivity index (χ4v) is 3.96. The molecular weight excluding hydrogens is 386 g/mol. The number of benzene rings is 1. The van der Waals surface area contributed by atoms with Crippen LogP contribution in [0.3, 0.4) is 0 Å². The molecular formula is C20H21N7O3. The molecule has 4 rings (SSSR count). The van der Waals surface area contributed by atoms with E-state index in [-0.39, 0.29) is 18.0 Å². The standard InChI is InChI=1S/C20H21N7O3/c1-30-18-12(9-21)10-22-19(26-18)24-13-4-2-5-14(8-13)27-11-23-17-15(25-20(28)29)6-3-7-16(17)27/h3,6-7,10-11,13-14,25H,2,4-5,8H2,1H3,(H,28,29)(H,22,24,26)/t13-,14+/m1/s1. The Labute approximate surface area is 172 Å². The lowest BCUT2D eigenvalue weighted by Gasteiger charge is -2.31. The van der Waals surface area contributed by atoms with Gasteiger partial charge in [0.2, 0.25) is 11.8 Å². The average Bonchev–Trinajstić information content (AvgIpc) is 3.19. The first-order valence-electron chi connectivity index (χ1n) is 9.62. The Morgan fingerprint density at radius 1 is 1.37 bits per heavy atom. The molecule has 1 aliphatic carbocycles. The van der Waals surface area contributed by atoms with Gasteiger partial charge in [-0.25, -0.2) is 14.8 Å². The molecule has 1 aliphatic rings. The van der Waals surface area contributed by atoms with E-state index in [2.05, 4.69) is 30.2 Å². The number of nitriles is 1. The Kier molecular flexibility index (Phi) is 5.34. The van der Waals surface area contributed by atoms with Crippen molar-refractivity contribution in [2.75, 3.05) is 17.7 Å². The van der Waals surface area contributed by atoms with Crippen LogP contribution in [0, 0.1) is 11.3 Å². The molecule has 154 valence electrons. The number of para-hydroxylation sites is 1. The molecule has 0 unspecified atom stereocenters. The molecule has 1 aromatic carbocycles. The van der Waals surface area contributed by atoms with E-state index in [9.17, 15) is 4.79 Å². The molecule has 0 saturated heterocycles. The highest BCUT2D eigenvalue weighted by atomic mass is 16.5. The van der Waals surface area contributed by atoms with Crippen LogP contribution in [0.2, 0.25) is 0 Å². The molecule has 1 saturated carbocycles. The third kappa shape index (κ3) is 3.82. The summed E-state index contributed by atoms with van der Waals surface area (Å²) in [6, 6.07) is 7.84. The Hall–Kier alpha value is -3.87. The highest BCUT2D eigenvalue weighted by molar-refractivity contribution is 5.96. The van der Waals surface area contributed by atoms with Crippen molar-refractivity contribution < 1.29 is 14.6 Å². The smallest absolute Gasteiger partial charge is 0.409 e. The summed E-state index contributed by atoms with van der Waals surface area (Å²) in [4.78, 5) is 24.0. The first-order chi connectivity index (χ1) is 14.6. The summed E-state index contributed by atoms with van der Waals surface area (Å²) in [5.74, 6) is 0.682. The van der Waals surface area contributed by atoms with Crippen LogP contribution in [0.4, 0.5) is 16.4 Å². The molecule has 10 nitrogen and oxygen atoms in total. The van der Waals surface area contributed by atoms with Crippen LogP contribution >= 0.6 is 0 Å². The number of ether oxygens (including phenoxy) is 1. The van der Waals surface area contributed by atoms with Crippen molar-refractivity contribution in [2.24, 2.45) is 0 Å². The van der Waals surface area contributed by atoms with Crippen LogP contribution in [0.5, 0.6) is 5.88 Å². The number of methoxy groups -OCH3 is 1. The summed E-state index contributed by atoms with van der Waals surface area (Å²) in [7, 11) is 1.47.